The lowest BCUT2D eigenvalue weighted by atomic mass is 10.1. The van der Waals surface area contributed by atoms with Crippen LogP contribution in [0.2, 0.25) is 0 Å². The fraction of sp³-hybridized carbons (Fsp3) is 0.154. The smallest absolute Gasteiger partial charge is 0.293 e. The lowest BCUT2D eigenvalue weighted by molar-refractivity contribution is 0.0998. The molecular weight excluding hydrogens is 342 g/mol. The molecule has 0 aliphatic rings. The second-order valence-corrected chi connectivity index (χ2v) is 6.37. The molecule has 3 rings (SSSR count). The first-order valence-electron chi connectivity index (χ1n) is 5.84. The predicted octanol–water partition coefficient (Wildman–Crippen LogP) is 3.92. The number of amides is 1. The van der Waals surface area contributed by atoms with Gasteiger partial charge < -0.3 is 4.42 Å². The first-order chi connectivity index (χ1) is 9.54. The second kappa shape index (κ2) is 4.99. The Balaban J connectivity index is 1.97. The van der Waals surface area contributed by atoms with E-state index in [-0.39, 0.29) is 5.91 Å². The van der Waals surface area contributed by atoms with E-state index < -0.39 is 0 Å². The molecule has 102 valence electrons. The molecule has 5 nitrogen and oxygen atoms in total. The number of nitrogens with one attached hydrogen (secondary N) is 1. The molecule has 0 bridgehead atoms. The van der Waals surface area contributed by atoms with Crippen LogP contribution in [-0.2, 0) is 0 Å². The highest BCUT2D eigenvalue weighted by atomic mass is 79.9. The van der Waals surface area contributed by atoms with Gasteiger partial charge in [0.1, 0.15) is 10.6 Å². The van der Waals surface area contributed by atoms with Crippen molar-refractivity contribution < 1.29 is 9.21 Å². The standard InChI is InChI=1S/C13H10BrN3O2S/c1-6-9-5-8(14)3-4-10(9)19-11(6)12(18)15-13-17-16-7(2)20-13/h3-5H,1-2H3,(H,15,17,18). The Kier molecular flexibility index (Phi) is 3.31. The van der Waals surface area contributed by atoms with Crippen LogP contribution in [0, 0.1) is 13.8 Å². The van der Waals surface area contributed by atoms with Crippen LogP contribution in [0.4, 0.5) is 5.13 Å². The van der Waals surface area contributed by atoms with Crippen molar-refractivity contribution in [2.45, 2.75) is 13.8 Å². The summed E-state index contributed by atoms with van der Waals surface area (Å²) in [6.45, 7) is 3.69. The van der Waals surface area contributed by atoms with Crippen molar-refractivity contribution in [2.24, 2.45) is 0 Å². The number of hydrogen-bond acceptors (Lipinski definition) is 5. The van der Waals surface area contributed by atoms with Crippen LogP contribution in [0.5, 0.6) is 0 Å². The minimum atomic E-state index is -0.314. The molecule has 0 spiro atoms. The first-order valence-corrected chi connectivity index (χ1v) is 7.45. The van der Waals surface area contributed by atoms with Gasteiger partial charge in [0, 0.05) is 15.4 Å². The fourth-order valence-electron chi connectivity index (χ4n) is 1.91. The van der Waals surface area contributed by atoms with Gasteiger partial charge in [-0.3, -0.25) is 10.1 Å². The third kappa shape index (κ3) is 2.34. The number of carbonyl (C=O) groups is 1. The summed E-state index contributed by atoms with van der Waals surface area (Å²) in [7, 11) is 0. The molecule has 0 saturated heterocycles. The van der Waals surface area contributed by atoms with Gasteiger partial charge in [0.25, 0.3) is 5.91 Å². The third-order valence-corrected chi connectivity index (χ3v) is 4.10. The molecule has 0 aliphatic heterocycles. The minimum Gasteiger partial charge on any atom is -0.451 e. The van der Waals surface area contributed by atoms with Crippen molar-refractivity contribution >= 4 is 49.3 Å². The number of halogens is 1. The van der Waals surface area contributed by atoms with Gasteiger partial charge in [-0.2, -0.15) is 0 Å². The molecule has 2 heterocycles. The lowest BCUT2D eigenvalue weighted by Gasteiger charge is -1.98. The number of hydrogen-bond donors (Lipinski definition) is 1. The number of aromatic nitrogens is 2. The maximum atomic E-state index is 12.2. The highest BCUT2D eigenvalue weighted by Crippen LogP contribution is 2.28. The fourth-order valence-corrected chi connectivity index (χ4v) is 2.86. The molecule has 0 saturated carbocycles. The third-order valence-electron chi connectivity index (χ3n) is 2.85. The maximum absolute atomic E-state index is 12.2. The molecule has 20 heavy (non-hydrogen) atoms. The van der Waals surface area contributed by atoms with Crippen molar-refractivity contribution in [3.63, 3.8) is 0 Å². The van der Waals surface area contributed by atoms with Crippen LogP contribution in [0.1, 0.15) is 21.1 Å². The zero-order chi connectivity index (χ0) is 14.3. The number of benzene rings is 1. The van der Waals surface area contributed by atoms with Gasteiger partial charge >= 0.3 is 0 Å². The molecule has 2 aromatic heterocycles. The number of fused-ring (bicyclic) bond motifs is 1. The Morgan fingerprint density at radius 2 is 2.15 bits per heavy atom. The number of nitrogens with zero attached hydrogens (tertiary/aromatic N) is 2. The molecule has 1 N–H and O–H groups in total. The molecular formula is C13H10BrN3O2S. The van der Waals surface area contributed by atoms with E-state index in [0.717, 1.165) is 20.4 Å². The van der Waals surface area contributed by atoms with E-state index in [1.54, 1.807) is 0 Å². The second-order valence-electron chi connectivity index (χ2n) is 4.28. The topological polar surface area (TPSA) is 68.0 Å². The average molecular weight is 352 g/mol. The monoisotopic (exact) mass is 351 g/mol. The Morgan fingerprint density at radius 1 is 1.35 bits per heavy atom. The summed E-state index contributed by atoms with van der Waals surface area (Å²) < 4.78 is 6.56. The van der Waals surface area contributed by atoms with Gasteiger partial charge in [0.05, 0.1) is 0 Å². The van der Waals surface area contributed by atoms with E-state index in [9.17, 15) is 4.79 Å². The Bertz CT molecular complexity index is 809. The van der Waals surface area contributed by atoms with Gasteiger partial charge in [-0.1, -0.05) is 27.3 Å². The van der Waals surface area contributed by atoms with E-state index in [2.05, 4.69) is 31.4 Å². The van der Waals surface area contributed by atoms with Gasteiger partial charge in [0.15, 0.2) is 5.76 Å². The highest BCUT2D eigenvalue weighted by molar-refractivity contribution is 9.10. The van der Waals surface area contributed by atoms with Crippen molar-refractivity contribution in [1.82, 2.24) is 10.2 Å². The maximum Gasteiger partial charge on any atom is 0.293 e. The van der Waals surface area contributed by atoms with Crippen LogP contribution in [-0.4, -0.2) is 16.1 Å². The van der Waals surface area contributed by atoms with E-state index >= 15 is 0 Å². The Labute approximate surface area is 127 Å². The van der Waals surface area contributed by atoms with Gasteiger partial charge in [0.2, 0.25) is 5.13 Å². The van der Waals surface area contributed by atoms with E-state index in [1.165, 1.54) is 11.3 Å². The predicted molar refractivity (Wildman–Crippen MR) is 81.3 cm³/mol. The summed E-state index contributed by atoms with van der Waals surface area (Å²) in [6, 6.07) is 5.64. The SMILES string of the molecule is Cc1nnc(NC(=O)c2oc3ccc(Br)cc3c2C)s1. The normalized spacial score (nSPS) is 10.9. The van der Waals surface area contributed by atoms with E-state index in [4.69, 9.17) is 4.42 Å². The number of carbonyl (C=O) groups excluding carboxylic acids is 1. The van der Waals surface area contributed by atoms with E-state index in [0.29, 0.717) is 16.5 Å². The average Bonchev–Trinajstić information content (AvgIpc) is 2.94. The van der Waals surface area contributed by atoms with Crippen LogP contribution >= 0.6 is 27.3 Å². The van der Waals surface area contributed by atoms with Crippen LogP contribution in [0.15, 0.2) is 27.1 Å². The number of aryl methyl sites for hydroxylation is 2. The molecule has 1 aromatic carbocycles. The molecule has 0 unspecified atom stereocenters. The lowest BCUT2D eigenvalue weighted by Crippen LogP contribution is -2.11. The highest BCUT2D eigenvalue weighted by Gasteiger charge is 2.19. The Morgan fingerprint density at radius 3 is 2.85 bits per heavy atom. The molecule has 3 aromatic rings. The van der Waals surface area contributed by atoms with Gasteiger partial charge in [-0.05, 0) is 32.0 Å². The van der Waals surface area contributed by atoms with Crippen LogP contribution < -0.4 is 5.32 Å². The molecule has 0 fully saturated rings. The molecule has 0 atom stereocenters. The van der Waals surface area contributed by atoms with Gasteiger partial charge in [-0.15, -0.1) is 10.2 Å². The minimum absolute atomic E-state index is 0.297. The molecule has 0 radical (unpaired) electrons. The van der Waals surface area contributed by atoms with Crippen molar-refractivity contribution in [3.8, 4) is 0 Å². The first kappa shape index (κ1) is 13.3. The summed E-state index contributed by atoms with van der Waals surface area (Å²) >= 11 is 4.73. The van der Waals surface area contributed by atoms with Crippen molar-refractivity contribution in [1.29, 1.82) is 0 Å². The summed E-state index contributed by atoms with van der Waals surface area (Å²) in [5, 5.41) is 12.6. The number of furan rings is 1. The molecule has 0 aliphatic carbocycles. The quantitative estimate of drug-likeness (QED) is 0.759. The van der Waals surface area contributed by atoms with Crippen molar-refractivity contribution in [3.05, 3.63) is 39.0 Å². The largest absolute Gasteiger partial charge is 0.451 e. The zero-order valence-corrected chi connectivity index (χ0v) is 13.1. The number of rotatable bonds is 2. The van der Waals surface area contributed by atoms with Gasteiger partial charge in [-0.25, -0.2) is 0 Å². The molecule has 1 amide bonds. The van der Waals surface area contributed by atoms with Crippen molar-refractivity contribution in [2.75, 3.05) is 5.32 Å². The summed E-state index contributed by atoms with van der Waals surface area (Å²) in [5.41, 5.74) is 1.49. The summed E-state index contributed by atoms with van der Waals surface area (Å²) in [5.74, 6) is -0.0167. The summed E-state index contributed by atoms with van der Waals surface area (Å²) in [4.78, 5) is 12.2. The van der Waals surface area contributed by atoms with Crippen LogP contribution in [0.25, 0.3) is 11.0 Å². The summed E-state index contributed by atoms with van der Waals surface area (Å²) in [6.07, 6.45) is 0. The number of anilines is 1. The zero-order valence-electron chi connectivity index (χ0n) is 10.7. The van der Waals surface area contributed by atoms with Crippen LogP contribution in [0.3, 0.4) is 0 Å². The molecule has 7 heteroatoms. The Hall–Kier alpha value is -1.73. The van der Waals surface area contributed by atoms with E-state index in [1.807, 2.05) is 32.0 Å².